The van der Waals surface area contributed by atoms with E-state index >= 15 is 0 Å². The van der Waals surface area contributed by atoms with Gasteiger partial charge in [0.2, 0.25) is 0 Å². The summed E-state index contributed by atoms with van der Waals surface area (Å²) in [6.45, 7) is 8.74. The highest BCUT2D eigenvalue weighted by molar-refractivity contribution is 5.51. The van der Waals surface area contributed by atoms with E-state index in [1.807, 2.05) is 7.05 Å². The van der Waals surface area contributed by atoms with Crippen molar-refractivity contribution < 1.29 is 0 Å². The summed E-state index contributed by atoms with van der Waals surface area (Å²) in [5, 5.41) is 7.93. The van der Waals surface area contributed by atoms with E-state index < -0.39 is 0 Å². The van der Waals surface area contributed by atoms with E-state index in [1.165, 1.54) is 30.8 Å². The Morgan fingerprint density at radius 1 is 1.30 bits per heavy atom. The summed E-state index contributed by atoms with van der Waals surface area (Å²) in [5.74, 6) is 1.30. The normalized spacial score (nSPS) is 21.2. The van der Waals surface area contributed by atoms with E-state index in [1.54, 1.807) is 0 Å². The Bertz CT molecular complexity index is 440. The second-order valence-corrected chi connectivity index (χ2v) is 5.91. The quantitative estimate of drug-likeness (QED) is 0.903. The van der Waals surface area contributed by atoms with Crippen molar-refractivity contribution in [1.29, 1.82) is 0 Å². The Hall–Kier alpha value is -1.07. The molecule has 1 saturated heterocycles. The molecule has 114 valence electrons. The molecule has 0 saturated carbocycles. The second-order valence-electron chi connectivity index (χ2n) is 5.91. The summed E-state index contributed by atoms with van der Waals surface area (Å²) in [4.78, 5) is 5.03. The van der Waals surface area contributed by atoms with Crippen molar-refractivity contribution in [1.82, 2.24) is 20.0 Å². The zero-order chi connectivity index (χ0) is 14.7. The number of aryl methyl sites for hydroxylation is 2. The van der Waals surface area contributed by atoms with Crippen LogP contribution in [-0.4, -0.2) is 54.5 Å². The zero-order valence-corrected chi connectivity index (χ0v) is 13.6. The summed E-state index contributed by atoms with van der Waals surface area (Å²) < 4.78 is 2.07. The average molecular weight is 279 g/mol. The number of nitrogens with one attached hydrogen (secondary N) is 1. The maximum atomic E-state index is 4.64. The fraction of sp³-hybridized carbons (Fsp3) is 0.800. The minimum Gasteiger partial charge on any atom is -0.352 e. The lowest BCUT2D eigenvalue weighted by atomic mass is 10.1. The van der Waals surface area contributed by atoms with Gasteiger partial charge in [0, 0.05) is 38.3 Å². The molecule has 1 atom stereocenters. The number of nitrogens with zero attached hydrogens (tertiary/aromatic N) is 4. The lowest BCUT2D eigenvalue weighted by molar-refractivity contribution is 0.327. The summed E-state index contributed by atoms with van der Waals surface area (Å²) in [6, 6.07) is 0.577. The summed E-state index contributed by atoms with van der Waals surface area (Å²) in [6.07, 6.45) is 2.39. The van der Waals surface area contributed by atoms with Gasteiger partial charge in [-0.05, 0) is 40.4 Å². The van der Waals surface area contributed by atoms with Gasteiger partial charge < -0.3 is 15.1 Å². The Morgan fingerprint density at radius 3 is 2.70 bits per heavy atom. The fourth-order valence-corrected chi connectivity index (χ4v) is 3.30. The lowest BCUT2D eigenvalue weighted by Crippen LogP contribution is -2.41. The van der Waals surface area contributed by atoms with Crippen molar-refractivity contribution >= 4 is 5.82 Å². The van der Waals surface area contributed by atoms with Gasteiger partial charge in [-0.15, -0.1) is 0 Å². The molecule has 1 aromatic rings. The third-order valence-corrected chi connectivity index (χ3v) is 4.31. The van der Waals surface area contributed by atoms with Gasteiger partial charge in [0.1, 0.15) is 5.82 Å². The van der Waals surface area contributed by atoms with Crippen LogP contribution in [0, 0.1) is 6.92 Å². The van der Waals surface area contributed by atoms with Crippen molar-refractivity contribution in [3.05, 3.63) is 11.3 Å². The number of aromatic nitrogens is 2. The van der Waals surface area contributed by atoms with E-state index in [-0.39, 0.29) is 0 Å². The Morgan fingerprint density at radius 2 is 2.05 bits per heavy atom. The molecular weight excluding hydrogens is 250 g/mol. The van der Waals surface area contributed by atoms with Gasteiger partial charge >= 0.3 is 0 Å². The Labute approximate surface area is 122 Å². The zero-order valence-electron chi connectivity index (χ0n) is 13.6. The Kier molecular flexibility index (Phi) is 5.05. The van der Waals surface area contributed by atoms with Gasteiger partial charge in [0.15, 0.2) is 0 Å². The van der Waals surface area contributed by atoms with Crippen molar-refractivity contribution in [2.45, 2.75) is 39.3 Å². The van der Waals surface area contributed by atoms with Crippen molar-refractivity contribution in [3.8, 4) is 0 Å². The summed E-state index contributed by atoms with van der Waals surface area (Å²) in [5.41, 5.74) is 2.49. The predicted octanol–water partition coefficient (Wildman–Crippen LogP) is 1.37. The van der Waals surface area contributed by atoms with Crippen LogP contribution in [0.1, 0.15) is 31.0 Å². The van der Waals surface area contributed by atoms with Crippen LogP contribution in [0.2, 0.25) is 0 Å². The molecule has 0 bridgehead atoms. The molecule has 1 aliphatic heterocycles. The first-order valence-electron chi connectivity index (χ1n) is 7.70. The van der Waals surface area contributed by atoms with Crippen LogP contribution >= 0.6 is 0 Å². The van der Waals surface area contributed by atoms with Crippen molar-refractivity contribution in [3.63, 3.8) is 0 Å². The van der Waals surface area contributed by atoms with E-state index in [9.17, 15) is 0 Å². The van der Waals surface area contributed by atoms with E-state index in [0.29, 0.717) is 6.04 Å². The van der Waals surface area contributed by atoms with Crippen LogP contribution in [0.25, 0.3) is 0 Å². The fourth-order valence-electron chi connectivity index (χ4n) is 3.30. The molecule has 20 heavy (non-hydrogen) atoms. The first-order chi connectivity index (χ1) is 9.58. The Balaban J connectivity index is 2.37. The van der Waals surface area contributed by atoms with Gasteiger partial charge in [-0.1, -0.05) is 6.92 Å². The van der Waals surface area contributed by atoms with Gasteiger partial charge in [0.05, 0.1) is 5.69 Å². The molecule has 1 fully saturated rings. The van der Waals surface area contributed by atoms with Gasteiger partial charge in [-0.3, -0.25) is 4.68 Å². The first-order valence-corrected chi connectivity index (χ1v) is 7.70. The van der Waals surface area contributed by atoms with Crippen LogP contribution in [-0.2, 0) is 13.6 Å². The van der Waals surface area contributed by atoms with Crippen LogP contribution in [0.5, 0.6) is 0 Å². The number of hydrogen-bond donors (Lipinski definition) is 1. The largest absolute Gasteiger partial charge is 0.352 e. The molecular formula is C15H29N5. The second kappa shape index (κ2) is 6.59. The smallest absolute Gasteiger partial charge is 0.131 e. The SMILES string of the molecule is CCC1CN(C)CCCN1c1c(CNC)c(C)nn1C. The number of anilines is 1. The maximum Gasteiger partial charge on any atom is 0.131 e. The molecule has 5 heteroatoms. The number of rotatable bonds is 4. The van der Waals surface area contributed by atoms with Gasteiger partial charge in [0.25, 0.3) is 0 Å². The third-order valence-electron chi connectivity index (χ3n) is 4.31. The molecule has 0 radical (unpaired) electrons. The maximum absolute atomic E-state index is 4.64. The van der Waals surface area contributed by atoms with E-state index in [2.05, 4.69) is 52.8 Å². The minimum atomic E-state index is 0.577. The first kappa shape index (κ1) is 15.3. The highest BCUT2D eigenvalue weighted by Crippen LogP contribution is 2.27. The van der Waals surface area contributed by atoms with Crippen LogP contribution in [0.3, 0.4) is 0 Å². The topological polar surface area (TPSA) is 36.3 Å². The number of hydrogen-bond acceptors (Lipinski definition) is 4. The molecule has 0 aliphatic carbocycles. The molecule has 1 unspecified atom stereocenters. The van der Waals surface area contributed by atoms with Gasteiger partial charge in [-0.25, -0.2) is 0 Å². The highest BCUT2D eigenvalue weighted by atomic mass is 15.4. The van der Waals surface area contributed by atoms with Crippen molar-refractivity contribution in [2.24, 2.45) is 7.05 Å². The molecule has 2 heterocycles. The van der Waals surface area contributed by atoms with Crippen LogP contribution in [0.15, 0.2) is 0 Å². The lowest BCUT2D eigenvalue weighted by Gasteiger charge is -2.32. The number of likely N-dealkylation sites (N-methyl/N-ethyl adjacent to an activating group) is 1. The minimum absolute atomic E-state index is 0.577. The highest BCUT2D eigenvalue weighted by Gasteiger charge is 2.27. The molecule has 1 aromatic heterocycles. The van der Waals surface area contributed by atoms with Crippen LogP contribution in [0.4, 0.5) is 5.82 Å². The van der Waals surface area contributed by atoms with Crippen LogP contribution < -0.4 is 10.2 Å². The molecule has 2 rings (SSSR count). The summed E-state index contributed by atoms with van der Waals surface area (Å²) in [7, 11) is 6.31. The summed E-state index contributed by atoms with van der Waals surface area (Å²) >= 11 is 0. The van der Waals surface area contributed by atoms with Crippen molar-refractivity contribution in [2.75, 3.05) is 38.6 Å². The average Bonchev–Trinajstić information content (AvgIpc) is 2.59. The van der Waals surface area contributed by atoms with E-state index in [4.69, 9.17) is 0 Å². The molecule has 5 nitrogen and oxygen atoms in total. The standard InChI is InChI=1S/C15H29N5/c1-6-13-11-18(4)8-7-9-20(13)15-14(10-16-3)12(2)17-19(15)5/h13,16H,6-11H2,1-5H3. The molecule has 0 amide bonds. The van der Waals surface area contributed by atoms with E-state index in [0.717, 1.165) is 25.3 Å². The third kappa shape index (κ3) is 2.99. The predicted molar refractivity (Wildman–Crippen MR) is 84.2 cm³/mol. The molecule has 1 aliphatic rings. The molecule has 0 aromatic carbocycles. The van der Waals surface area contributed by atoms with Gasteiger partial charge in [-0.2, -0.15) is 5.10 Å². The monoisotopic (exact) mass is 279 g/mol. The molecule has 0 spiro atoms. The molecule has 1 N–H and O–H groups in total.